The predicted octanol–water partition coefficient (Wildman–Crippen LogP) is 4.91. The molecule has 3 rings (SSSR count). The summed E-state index contributed by atoms with van der Waals surface area (Å²) in [6.45, 7) is 1.51. The van der Waals surface area contributed by atoms with Crippen molar-refractivity contribution in [2.45, 2.75) is 13.3 Å². The third-order valence-corrected chi connectivity index (χ3v) is 5.64. The summed E-state index contributed by atoms with van der Waals surface area (Å²) in [6.07, 6.45) is 0.733. The molecular weight excluding hydrogens is 426 g/mol. The maximum Gasteiger partial charge on any atom is 0.341 e. The number of hydrogen-bond donors (Lipinski definition) is 2. The number of hydrogen-bond acceptors (Lipinski definition) is 5. The van der Waals surface area contributed by atoms with Crippen molar-refractivity contribution < 1.29 is 24.2 Å². The van der Waals surface area contributed by atoms with Crippen LogP contribution in [0.4, 0.5) is 5.00 Å². The van der Waals surface area contributed by atoms with Crippen molar-refractivity contribution in [2.75, 3.05) is 11.9 Å². The van der Waals surface area contributed by atoms with Crippen molar-refractivity contribution in [3.8, 4) is 5.75 Å². The van der Waals surface area contributed by atoms with E-state index in [9.17, 15) is 14.4 Å². The summed E-state index contributed by atoms with van der Waals surface area (Å²) in [5.41, 5.74) is 1.26. The van der Waals surface area contributed by atoms with E-state index >= 15 is 0 Å². The van der Waals surface area contributed by atoms with E-state index in [4.69, 9.17) is 21.4 Å². The number of carboxylic acid groups (broad SMARTS) is 1. The van der Waals surface area contributed by atoms with E-state index in [-0.39, 0.29) is 11.7 Å². The lowest BCUT2D eigenvalue weighted by Crippen LogP contribution is -2.14. The van der Waals surface area contributed by atoms with Crippen LogP contribution in [0.5, 0.6) is 5.75 Å². The number of halogens is 1. The normalized spacial score (nSPS) is 10.5. The number of rotatable bonds is 8. The van der Waals surface area contributed by atoms with Gasteiger partial charge in [-0.25, -0.2) is 4.79 Å². The van der Waals surface area contributed by atoms with E-state index in [1.807, 2.05) is 6.92 Å². The van der Waals surface area contributed by atoms with Crippen LogP contribution in [0.3, 0.4) is 0 Å². The summed E-state index contributed by atoms with van der Waals surface area (Å²) in [4.78, 5) is 37.2. The Kier molecular flexibility index (Phi) is 6.87. The average Bonchev–Trinajstić information content (AvgIpc) is 3.15. The number of nitrogens with one attached hydrogen (secondary N) is 1. The van der Waals surface area contributed by atoms with Gasteiger partial charge in [0, 0.05) is 21.0 Å². The highest BCUT2D eigenvalue weighted by atomic mass is 35.5. The van der Waals surface area contributed by atoms with Crippen molar-refractivity contribution in [3.05, 3.63) is 81.2 Å². The average molecular weight is 444 g/mol. The van der Waals surface area contributed by atoms with Crippen LogP contribution in [0, 0.1) is 0 Å². The predicted molar refractivity (Wildman–Crippen MR) is 116 cm³/mol. The van der Waals surface area contributed by atoms with Gasteiger partial charge in [-0.1, -0.05) is 18.5 Å². The number of ether oxygens (including phenoxy) is 1. The molecule has 0 radical (unpaired) electrons. The maximum atomic E-state index is 12.9. The zero-order valence-corrected chi connectivity index (χ0v) is 17.5. The fourth-order valence-electron chi connectivity index (χ4n) is 2.66. The largest absolute Gasteiger partial charge is 0.482 e. The third-order valence-electron chi connectivity index (χ3n) is 4.19. The molecule has 0 spiro atoms. The number of amides is 1. The Bertz CT molecular complexity index is 1070. The molecule has 1 amide bonds. The van der Waals surface area contributed by atoms with Gasteiger partial charge in [-0.3, -0.25) is 9.59 Å². The Labute approximate surface area is 182 Å². The van der Waals surface area contributed by atoms with Gasteiger partial charge in [0.25, 0.3) is 5.91 Å². The number of anilines is 1. The first-order chi connectivity index (χ1) is 14.4. The minimum Gasteiger partial charge on any atom is -0.482 e. The second kappa shape index (κ2) is 9.56. The Hall–Kier alpha value is -3.16. The highest BCUT2D eigenvalue weighted by Gasteiger charge is 2.19. The van der Waals surface area contributed by atoms with Gasteiger partial charge < -0.3 is 15.2 Å². The highest BCUT2D eigenvalue weighted by Crippen LogP contribution is 2.31. The number of carbonyl (C=O) groups is 3. The summed E-state index contributed by atoms with van der Waals surface area (Å²) >= 11 is 7.25. The monoisotopic (exact) mass is 443 g/mol. The van der Waals surface area contributed by atoms with Gasteiger partial charge in [0.2, 0.25) is 0 Å². The molecule has 8 heteroatoms. The number of aryl methyl sites for hydroxylation is 1. The molecule has 2 N–H and O–H groups in total. The van der Waals surface area contributed by atoms with Gasteiger partial charge in [-0.15, -0.1) is 11.3 Å². The van der Waals surface area contributed by atoms with Crippen molar-refractivity contribution in [3.63, 3.8) is 0 Å². The van der Waals surface area contributed by atoms with Gasteiger partial charge in [-0.2, -0.15) is 0 Å². The Morgan fingerprint density at radius 2 is 1.67 bits per heavy atom. The zero-order valence-electron chi connectivity index (χ0n) is 16.0. The van der Waals surface area contributed by atoms with Gasteiger partial charge in [0.1, 0.15) is 10.8 Å². The van der Waals surface area contributed by atoms with Crippen molar-refractivity contribution in [2.24, 2.45) is 0 Å². The Morgan fingerprint density at radius 1 is 1.03 bits per heavy atom. The fourth-order valence-corrected chi connectivity index (χ4v) is 3.77. The second-order valence-electron chi connectivity index (χ2n) is 6.31. The molecule has 154 valence electrons. The van der Waals surface area contributed by atoms with Crippen LogP contribution in [0.2, 0.25) is 5.02 Å². The Morgan fingerprint density at radius 3 is 2.27 bits per heavy atom. The molecule has 0 saturated carbocycles. The first kappa shape index (κ1) is 21.5. The number of benzene rings is 2. The molecular formula is C22H18ClNO5S. The van der Waals surface area contributed by atoms with Crippen LogP contribution < -0.4 is 10.1 Å². The second-order valence-corrected chi connectivity index (χ2v) is 7.88. The summed E-state index contributed by atoms with van der Waals surface area (Å²) in [6, 6.07) is 14.5. The minimum atomic E-state index is -1.08. The summed E-state index contributed by atoms with van der Waals surface area (Å²) in [5, 5.41) is 12.5. The van der Waals surface area contributed by atoms with E-state index in [1.165, 1.54) is 35.6 Å². The number of ketones is 1. The molecule has 0 aliphatic heterocycles. The summed E-state index contributed by atoms with van der Waals surface area (Å²) in [7, 11) is 0. The van der Waals surface area contributed by atoms with Crippen LogP contribution in [0.1, 0.15) is 38.1 Å². The van der Waals surface area contributed by atoms with E-state index in [2.05, 4.69) is 5.32 Å². The maximum absolute atomic E-state index is 12.9. The number of carboxylic acids is 1. The van der Waals surface area contributed by atoms with Crippen molar-refractivity contribution in [1.82, 2.24) is 0 Å². The van der Waals surface area contributed by atoms with Crippen molar-refractivity contribution in [1.29, 1.82) is 0 Å². The molecule has 0 aliphatic carbocycles. The lowest BCUT2D eigenvalue weighted by atomic mass is 10.0. The topological polar surface area (TPSA) is 92.7 Å². The molecule has 2 aromatic carbocycles. The van der Waals surface area contributed by atoms with Gasteiger partial charge >= 0.3 is 5.97 Å². The molecule has 30 heavy (non-hydrogen) atoms. The first-order valence-electron chi connectivity index (χ1n) is 9.06. The van der Waals surface area contributed by atoms with Crippen LogP contribution in [0.25, 0.3) is 0 Å². The highest BCUT2D eigenvalue weighted by molar-refractivity contribution is 7.16. The van der Waals surface area contributed by atoms with Gasteiger partial charge in [-0.05, 0) is 61.0 Å². The Balaban J connectivity index is 1.79. The molecule has 0 saturated heterocycles. The van der Waals surface area contributed by atoms with E-state index in [0.29, 0.717) is 32.5 Å². The number of carbonyl (C=O) groups excluding carboxylic acids is 2. The molecule has 0 fully saturated rings. The van der Waals surface area contributed by atoms with E-state index in [0.717, 1.165) is 11.3 Å². The third kappa shape index (κ3) is 5.25. The summed E-state index contributed by atoms with van der Waals surface area (Å²) in [5.74, 6) is -1.32. The SMILES string of the molecule is CCc1cc(C(=O)c2ccc(Cl)cc2)c(NC(=O)c2ccc(OCC(=O)O)cc2)s1. The smallest absolute Gasteiger partial charge is 0.341 e. The van der Waals surface area contributed by atoms with Gasteiger partial charge in [0.05, 0.1) is 5.56 Å². The van der Waals surface area contributed by atoms with Crippen molar-refractivity contribution >= 4 is 45.6 Å². The molecule has 0 aliphatic rings. The summed E-state index contributed by atoms with van der Waals surface area (Å²) < 4.78 is 5.06. The molecule has 0 bridgehead atoms. The van der Waals surface area contributed by atoms with Crippen LogP contribution in [-0.4, -0.2) is 29.4 Å². The molecule has 0 unspecified atom stereocenters. The zero-order chi connectivity index (χ0) is 21.7. The number of aliphatic carboxylic acids is 1. The molecule has 1 heterocycles. The van der Waals surface area contributed by atoms with Gasteiger partial charge in [0.15, 0.2) is 12.4 Å². The molecule has 6 nitrogen and oxygen atoms in total. The molecule has 0 atom stereocenters. The first-order valence-corrected chi connectivity index (χ1v) is 10.3. The number of thiophene rings is 1. The molecule has 3 aromatic rings. The van der Waals surface area contributed by atoms with Crippen LogP contribution in [-0.2, 0) is 11.2 Å². The lowest BCUT2D eigenvalue weighted by Gasteiger charge is -2.08. The molecule has 1 aromatic heterocycles. The van der Waals surface area contributed by atoms with E-state index < -0.39 is 12.6 Å². The van der Waals surface area contributed by atoms with Crippen LogP contribution in [0.15, 0.2) is 54.6 Å². The van der Waals surface area contributed by atoms with E-state index in [1.54, 1.807) is 30.3 Å². The van der Waals surface area contributed by atoms with Crippen LogP contribution >= 0.6 is 22.9 Å². The lowest BCUT2D eigenvalue weighted by molar-refractivity contribution is -0.139. The standard InChI is InChI=1S/C22H18ClNO5S/c1-2-17-11-18(20(27)13-3-7-15(23)8-4-13)22(30-17)24-21(28)14-5-9-16(10-6-14)29-12-19(25)26/h3-11H,2,12H2,1H3,(H,24,28)(H,25,26). The quantitative estimate of drug-likeness (QED) is 0.482. The minimum absolute atomic E-state index is 0.199. The fraction of sp³-hybridized carbons (Fsp3) is 0.136.